The van der Waals surface area contributed by atoms with Gasteiger partial charge in [0.05, 0.1) is 0 Å². The predicted molar refractivity (Wildman–Crippen MR) is 53.1 cm³/mol. The second-order valence-corrected chi connectivity index (χ2v) is 3.60. The molecule has 1 saturated heterocycles. The Kier molecular flexibility index (Phi) is 6.55. The molecule has 0 radical (unpaired) electrons. The number of halogens is 3. The molecule has 5 nitrogen and oxygen atoms in total. The van der Waals surface area contributed by atoms with E-state index in [2.05, 4.69) is 5.32 Å². The normalized spacial score (nSPS) is 19.4. The number of alkyl halides is 3. The zero-order valence-corrected chi connectivity index (χ0v) is 9.09. The first-order chi connectivity index (χ1) is 7.73. The molecule has 0 saturated carbocycles. The average Bonchev–Trinajstić information content (AvgIpc) is 2.66. The molecule has 0 aromatic carbocycles. The van der Waals surface area contributed by atoms with Crippen LogP contribution in [-0.2, 0) is 9.59 Å². The number of hydrogen-bond acceptors (Lipinski definition) is 3. The molecule has 4 N–H and O–H groups in total. The summed E-state index contributed by atoms with van der Waals surface area (Å²) in [6.07, 6.45) is -1.20. The molecule has 8 heteroatoms. The number of nitrogens with one attached hydrogen (secondary N) is 1. The molecule has 0 bridgehead atoms. The topological polar surface area (TPSA) is 92.4 Å². The molecule has 1 atom stereocenters. The maximum absolute atomic E-state index is 10.6. The Morgan fingerprint density at radius 1 is 1.41 bits per heavy atom. The van der Waals surface area contributed by atoms with E-state index in [-0.39, 0.29) is 5.91 Å². The van der Waals surface area contributed by atoms with Crippen LogP contribution < -0.4 is 11.1 Å². The van der Waals surface area contributed by atoms with Crippen LogP contribution in [0.1, 0.15) is 25.7 Å². The molecule has 0 aromatic rings. The summed E-state index contributed by atoms with van der Waals surface area (Å²) in [5.74, 6) is -2.94. The maximum Gasteiger partial charge on any atom is 0.490 e. The van der Waals surface area contributed by atoms with Gasteiger partial charge in [0.2, 0.25) is 5.91 Å². The minimum absolute atomic E-state index is 0.186. The summed E-state index contributed by atoms with van der Waals surface area (Å²) < 4.78 is 31.7. The highest BCUT2D eigenvalue weighted by Gasteiger charge is 2.38. The second kappa shape index (κ2) is 7.10. The largest absolute Gasteiger partial charge is 0.490 e. The van der Waals surface area contributed by atoms with E-state index in [4.69, 9.17) is 15.6 Å². The van der Waals surface area contributed by atoms with E-state index >= 15 is 0 Å². The van der Waals surface area contributed by atoms with Gasteiger partial charge in [-0.25, -0.2) is 4.79 Å². The third-order valence-electron chi connectivity index (χ3n) is 2.14. The van der Waals surface area contributed by atoms with E-state index in [9.17, 15) is 18.0 Å². The molecule has 100 valence electrons. The van der Waals surface area contributed by atoms with Crippen LogP contribution in [0, 0.1) is 0 Å². The maximum atomic E-state index is 10.6. The van der Waals surface area contributed by atoms with Gasteiger partial charge in [0.15, 0.2) is 0 Å². The Bertz CT molecular complexity index is 263. The van der Waals surface area contributed by atoms with Gasteiger partial charge in [0.1, 0.15) is 0 Å². The number of amides is 1. The van der Waals surface area contributed by atoms with Gasteiger partial charge in [0.25, 0.3) is 0 Å². The molecule has 1 heterocycles. The highest BCUT2D eigenvalue weighted by molar-refractivity contribution is 5.73. The van der Waals surface area contributed by atoms with Crippen molar-refractivity contribution in [3.05, 3.63) is 0 Å². The standard InChI is InChI=1S/C7H14N2O.C2HF3O2/c8-7(10)4-3-6-2-1-5-9-6;3-2(4,5)1(6)7/h6,9H,1-5H2,(H2,8,10);(H,6,7)/t6-;/m0./s1. The number of rotatable bonds is 3. The molecule has 1 aliphatic rings. The average molecular weight is 256 g/mol. The molecular weight excluding hydrogens is 241 g/mol. The fraction of sp³-hybridized carbons (Fsp3) is 0.778. The van der Waals surface area contributed by atoms with Crippen LogP contribution in [0.2, 0.25) is 0 Å². The van der Waals surface area contributed by atoms with Crippen LogP contribution in [0.5, 0.6) is 0 Å². The number of aliphatic carboxylic acids is 1. The SMILES string of the molecule is NC(=O)CC[C@@H]1CCCN1.O=C(O)C(F)(F)F. The van der Waals surface area contributed by atoms with E-state index in [1.165, 1.54) is 12.8 Å². The number of primary amides is 1. The van der Waals surface area contributed by atoms with Crippen LogP contribution in [0.25, 0.3) is 0 Å². The molecule has 17 heavy (non-hydrogen) atoms. The summed E-state index contributed by atoms with van der Waals surface area (Å²) in [5.41, 5.74) is 5.00. The Balaban J connectivity index is 0.000000325. The first-order valence-electron chi connectivity index (χ1n) is 5.05. The fourth-order valence-corrected chi connectivity index (χ4v) is 1.32. The molecule has 0 aliphatic carbocycles. The van der Waals surface area contributed by atoms with Crippen LogP contribution in [0.15, 0.2) is 0 Å². The predicted octanol–water partition coefficient (Wildman–Crippen LogP) is 0.637. The van der Waals surface area contributed by atoms with Gasteiger partial charge in [-0.05, 0) is 25.8 Å². The van der Waals surface area contributed by atoms with Crippen LogP contribution in [0.3, 0.4) is 0 Å². The van der Waals surface area contributed by atoms with Crippen molar-refractivity contribution in [2.45, 2.75) is 37.9 Å². The Morgan fingerprint density at radius 2 is 1.94 bits per heavy atom. The van der Waals surface area contributed by atoms with Gasteiger partial charge in [-0.15, -0.1) is 0 Å². The number of nitrogens with two attached hydrogens (primary N) is 1. The number of carbonyl (C=O) groups excluding carboxylic acids is 1. The van der Waals surface area contributed by atoms with Crippen molar-refractivity contribution < 1.29 is 27.9 Å². The first-order valence-corrected chi connectivity index (χ1v) is 5.05. The van der Waals surface area contributed by atoms with E-state index in [1.807, 2.05) is 0 Å². The number of carboxylic acid groups (broad SMARTS) is 1. The van der Waals surface area contributed by atoms with Crippen LogP contribution in [-0.4, -0.2) is 35.7 Å². The zero-order valence-electron chi connectivity index (χ0n) is 9.09. The number of hydrogen-bond donors (Lipinski definition) is 3. The van der Waals surface area contributed by atoms with E-state index in [1.54, 1.807) is 0 Å². The summed E-state index contributed by atoms with van der Waals surface area (Å²) in [4.78, 5) is 19.2. The quantitative estimate of drug-likeness (QED) is 0.690. The van der Waals surface area contributed by atoms with Crippen LogP contribution >= 0.6 is 0 Å². The molecular formula is C9H15F3N2O3. The monoisotopic (exact) mass is 256 g/mol. The van der Waals surface area contributed by atoms with Gasteiger partial charge in [-0.2, -0.15) is 13.2 Å². The smallest absolute Gasteiger partial charge is 0.475 e. The van der Waals surface area contributed by atoms with Crippen molar-refractivity contribution >= 4 is 11.9 Å². The van der Waals surface area contributed by atoms with Crippen LogP contribution in [0.4, 0.5) is 13.2 Å². The van der Waals surface area contributed by atoms with E-state index in [0.29, 0.717) is 12.5 Å². The van der Waals surface area contributed by atoms with E-state index < -0.39 is 12.1 Å². The number of carboxylic acids is 1. The Hall–Kier alpha value is -1.31. The summed E-state index contributed by atoms with van der Waals surface area (Å²) in [6.45, 7) is 1.10. The van der Waals surface area contributed by atoms with Gasteiger partial charge >= 0.3 is 12.1 Å². The number of carbonyl (C=O) groups is 2. The minimum atomic E-state index is -5.08. The molecule has 1 aliphatic heterocycles. The van der Waals surface area contributed by atoms with Crippen molar-refractivity contribution in [3.8, 4) is 0 Å². The van der Waals surface area contributed by atoms with Gasteiger partial charge in [-0.3, -0.25) is 4.79 Å². The van der Waals surface area contributed by atoms with E-state index in [0.717, 1.165) is 13.0 Å². The summed E-state index contributed by atoms with van der Waals surface area (Å²) in [6, 6.07) is 0.549. The third kappa shape index (κ3) is 8.49. The highest BCUT2D eigenvalue weighted by atomic mass is 19.4. The summed E-state index contributed by atoms with van der Waals surface area (Å²) in [5, 5.41) is 10.4. The summed E-state index contributed by atoms with van der Waals surface area (Å²) >= 11 is 0. The first kappa shape index (κ1) is 15.7. The lowest BCUT2D eigenvalue weighted by Crippen LogP contribution is -2.23. The summed E-state index contributed by atoms with van der Waals surface area (Å²) in [7, 11) is 0. The lowest BCUT2D eigenvalue weighted by molar-refractivity contribution is -0.192. The van der Waals surface area contributed by atoms with Crippen molar-refractivity contribution in [2.75, 3.05) is 6.54 Å². The third-order valence-corrected chi connectivity index (χ3v) is 2.14. The zero-order chi connectivity index (χ0) is 13.5. The highest BCUT2D eigenvalue weighted by Crippen LogP contribution is 2.13. The Labute approximate surface area is 96.2 Å². The molecule has 1 fully saturated rings. The molecule has 0 aromatic heterocycles. The van der Waals surface area contributed by atoms with Crippen molar-refractivity contribution in [3.63, 3.8) is 0 Å². The van der Waals surface area contributed by atoms with Gasteiger partial charge in [0, 0.05) is 12.5 Å². The van der Waals surface area contributed by atoms with Crippen molar-refractivity contribution in [2.24, 2.45) is 5.73 Å². The molecule has 1 rings (SSSR count). The van der Waals surface area contributed by atoms with Crippen molar-refractivity contribution in [1.29, 1.82) is 0 Å². The molecule has 0 spiro atoms. The lowest BCUT2D eigenvalue weighted by Gasteiger charge is -2.06. The van der Waals surface area contributed by atoms with Gasteiger partial charge < -0.3 is 16.2 Å². The Morgan fingerprint density at radius 3 is 2.24 bits per heavy atom. The molecule has 0 unspecified atom stereocenters. The molecule has 1 amide bonds. The van der Waals surface area contributed by atoms with Gasteiger partial charge in [-0.1, -0.05) is 0 Å². The fourth-order valence-electron chi connectivity index (χ4n) is 1.32. The lowest BCUT2D eigenvalue weighted by atomic mass is 10.1. The second-order valence-electron chi connectivity index (χ2n) is 3.60. The van der Waals surface area contributed by atoms with Crippen molar-refractivity contribution in [1.82, 2.24) is 5.32 Å². The minimum Gasteiger partial charge on any atom is -0.475 e.